The molecule has 3 rings (SSSR count). The Bertz CT molecular complexity index is 797. The summed E-state index contributed by atoms with van der Waals surface area (Å²) in [5.74, 6) is 0.0360. The second-order valence-electron chi connectivity index (χ2n) is 4.74. The molecular formula is C14H13FN4OS. The molecule has 2 N–H and O–H groups in total. The number of benzene rings is 1. The van der Waals surface area contributed by atoms with E-state index in [1.807, 2.05) is 13.0 Å². The van der Waals surface area contributed by atoms with Crippen molar-refractivity contribution >= 4 is 27.3 Å². The van der Waals surface area contributed by atoms with Crippen LogP contribution in [0.25, 0.3) is 10.1 Å². The number of H-pyrrole nitrogens is 1. The first-order chi connectivity index (χ1) is 10.1. The van der Waals surface area contributed by atoms with Gasteiger partial charge in [0.05, 0.1) is 10.9 Å². The van der Waals surface area contributed by atoms with Crippen LogP contribution in [0.4, 0.5) is 4.39 Å². The summed E-state index contributed by atoms with van der Waals surface area (Å²) in [6.45, 7) is 3.57. The lowest BCUT2D eigenvalue weighted by atomic mass is 10.1. The van der Waals surface area contributed by atoms with Crippen molar-refractivity contribution in [3.8, 4) is 0 Å². The third-order valence-electron chi connectivity index (χ3n) is 3.30. The Labute approximate surface area is 124 Å². The number of thiophene rings is 1. The predicted octanol–water partition coefficient (Wildman–Crippen LogP) is 2.96. The molecule has 5 nitrogen and oxygen atoms in total. The van der Waals surface area contributed by atoms with E-state index in [9.17, 15) is 9.18 Å². The minimum absolute atomic E-state index is 0.239. The van der Waals surface area contributed by atoms with Gasteiger partial charge in [-0.25, -0.2) is 9.37 Å². The quantitative estimate of drug-likeness (QED) is 0.781. The molecule has 1 aromatic carbocycles. The maximum Gasteiger partial charge on any atom is 0.262 e. The number of rotatable bonds is 3. The van der Waals surface area contributed by atoms with Gasteiger partial charge in [0.15, 0.2) is 0 Å². The van der Waals surface area contributed by atoms with Crippen LogP contribution in [0.2, 0.25) is 0 Å². The molecule has 0 saturated carbocycles. The van der Waals surface area contributed by atoms with Crippen LogP contribution in [-0.2, 0) is 0 Å². The summed E-state index contributed by atoms with van der Waals surface area (Å²) in [5.41, 5.74) is 0.662. The summed E-state index contributed by atoms with van der Waals surface area (Å²) in [6, 6.07) is 4.56. The summed E-state index contributed by atoms with van der Waals surface area (Å²) in [6.07, 6.45) is 1.39. The molecule has 108 valence electrons. The van der Waals surface area contributed by atoms with Crippen molar-refractivity contribution in [1.82, 2.24) is 20.5 Å². The number of nitrogens with zero attached hydrogens (tertiary/aromatic N) is 2. The third-order valence-corrected chi connectivity index (χ3v) is 4.56. The van der Waals surface area contributed by atoms with Crippen molar-refractivity contribution in [3.05, 3.63) is 46.6 Å². The Hall–Kier alpha value is -2.28. The number of aromatic amines is 1. The fourth-order valence-corrected chi connectivity index (χ4v) is 3.35. The van der Waals surface area contributed by atoms with E-state index in [0.29, 0.717) is 21.7 Å². The highest BCUT2D eigenvalue weighted by Crippen LogP contribution is 2.32. The molecule has 0 bridgehead atoms. The topological polar surface area (TPSA) is 70.7 Å². The monoisotopic (exact) mass is 304 g/mol. The van der Waals surface area contributed by atoms with Gasteiger partial charge in [-0.2, -0.15) is 5.10 Å². The maximum absolute atomic E-state index is 13.9. The zero-order chi connectivity index (χ0) is 15.0. The first kappa shape index (κ1) is 13.7. The molecule has 0 aliphatic rings. The number of nitrogens with one attached hydrogen (secondary N) is 2. The van der Waals surface area contributed by atoms with Crippen LogP contribution in [0.5, 0.6) is 0 Å². The van der Waals surface area contributed by atoms with Gasteiger partial charge in [0, 0.05) is 10.1 Å². The summed E-state index contributed by atoms with van der Waals surface area (Å²) in [5, 5.41) is 9.81. The van der Waals surface area contributed by atoms with E-state index in [1.54, 1.807) is 13.0 Å². The molecular weight excluding hydrogens is 291 g/mol. The maximum atomic E-state index is 13.9. The molecule has 0 aliphatic carbocycles. The number of carbonyl (C=O) groups is 1. The van der Waals surface area contributed by atoms with Gasteiger partial charge in [-0.3, -0.25) is 9.89 Å². The summed E-state index contributed by atoms with van der Waals surface area (Å²) in [7, 11) is 0. The van der Waals surface area contributed by atoms with E-state index in [2.05, 4.69) is 20.5 Å². The van der Waals surface area contributed by atoms with Crippen molar-refractivity contribution in [1.29, 1.82) is 0 Å². The summed E-state index contributed by atoms with van der Waals surface area (Å²) < 4.78 is 14.6. The normalized spacial score (nSPS) is 12.5. The van der Waals surface area contributed by atoms with Gasteiger partial charge in [-0.1, -0.05) is 6.07 Å². The molecule has 1 atom stereocenters. The second-order valence-corrected chi connectivity index (χ2v) is 5.79. The molecule has 0 saturated heterocycles. The van der Waals surface area contributed by atoms with E-state index in [1.165, 1.54) is 23.7 Å². The number of halogens is 1. The van der Waals surface area contributed by atoms with E-state index in [4.69, 9.17) is 0 Å². The molecule has 7 heteroatoms. The predicted molar refractivity (Wildman–Crippen MR) is 78.8 cm³/mol. The smallest absolute Gasteiger partial charge is 0.262 e. The average Bonchev–Trinajstić information content (AvgIpc) is 3.07. The van der Waals surface area contributed by atoms with Gasteiger partial charge in [0.1, 0.15) is 18.0 Å². The van der Waals surface area contributed by atoms with Gasteiger partial charge >= 0.3 is 0 Å². The van der Waals surface area contributed by atoms with Gasteiger partial charge < -0.3 is 5.32 Å². The average molecular weight is 304 g/mol. The molecule has 1 amide bonds. The molecule has 0 aliphatic heterocycles. The van der Waals surface area contributed by atoms with E-state index in [-0.39, 0.29) is 17.8 Å². The zero-order valence-electron chi connectivity index (χ0n) is 11.5. The molecule has 3 aromatic rings. The highest BCUT2D eigenvalue weighted by Gasteiger charge is 2.20. The Balaban J connectivity index is 1.92. The zero-order valence-corrected chi connectivity index (χ0v) is 12.3. The van der Waals surface area contributed by atoms with Crippen LogP contribution >= 0.6 is 11.3 Å². The number of aryl methyl sites for hydroxylation is 1. The minimum atomic E-state index is -0.302. The molecule has 2 heterocycles. The van der Waals surface area contributed by atoms with Crippen LogP contribution in [0.3, 0.4) is 0 Å². The van der Waals surface area contributed by atoms with E-state index >= 15 is 0 Å². The lowest BCUT2D eigenvalue weighted by Crippen LogP contribution is -2.27. The second kappa shape index (κ2) is 5.25. The van der Waals surface area contributed by atoms with Crippen LogP contribution in [0.15, 0.2) is 24.5 Å². The highest BCUT2D eigenvalue weighted by molar-refractivity contribution is 7.21. The summed E-state index contributed by atoms with van der Waals surface area (Å²) in [4.78, 5) is 16.9. The van der Waals surface area contributed by atoms with Gasteiger partial charge in [-0.15, -0.1) is 11.3 Å². The first-order valence-corrected chi connectivity index (χ1v) is 7.23. The minimum Gasteiger partial charge on any atom is -0.342 e. The third kappa shape index (κ3) is 2.40. The van der Waals surface area contributed by atoms with Gasteiger partial charge in [0.25, 0.3) is 5.91 Å². The van der Waals surface area contributed by atoms with Crippen molar-refractivity contribution in [2.45, 2.75) is 19.9 Å². The lowest BCUT2D eigenvalue weighted by molar-refractivity contribution is 0.0942. The van der Waals surface area contributed by atoms with Crippen LogP contribution < -0.4 is 5.32 Å². The first-order valence-electron chi connectivity index (χ1n) is 6.41. The standard InChI is InChI=1S/C14H13FN4OS/c1-7-11-9(15)4-3-5-10(11)21-12(7)14(20)18-8(2)13-16-6-17-19-13/h3-6,8H,1-2H3,(H,18,20)(H,16,17,19). The van der Waals surface area contributed by atoms with Crippen molar-refractivity contribution in [2.24, 2.45) is 0 Å². The van der Waals surface area contributed by atoms with Crippen molar-refractivity contribution in [2.75, 3.05) is 0 Å². The highest BCUT2D eigenvalue weighted by atomic mass is 32.1. The van der Waals surface area contributed by atoms with Crippen molar-refractivity contribution < 1.29 is 9.18 Å². The Kier molecular flexibility index (Phi) is 3.42. The number of aromatic nitrogens is 3. The van der Waals surface area contributed by atoms with E-state index < -0.39 is 0 Å². The van der Waals surface area contributed by atoms with Crippen LogP contribution in [0, 0.1) is 12.7 Å². The molecule has 0 spiro atoms. The van der Waals surface area contributed by atoms with Gasteiger partial charge in [0.2, 0.25) is 0 Å². The number of hydrogen-bond donors (Lipinski definition) is 2. The molecule has 2 aromatic heterocycles. The van der Waals surface area contributed by atoms with E-state index in [0.717, 1.165) is 4.70 Å². The molecule has 0 fully saturated rings. The fourth-order valence-electron chi connectivity index (χ4n) is 2.22. The Morgan fingerprint density at radius 2 is 2.29 bits per heavy atom. The summed E-state index contributed by atoms with van der Waals surface area (Å²) >= 11 is 1.29. The number of carbonyl (C=O) groups excluding carboxylic acids is 1. The fraction of sp³-hybridized carbons (Fsp3) is 0.214. The Morgan fingerprint density at radius 1 is 1.48 bits per heavy atom. The Morgan fingerprint density at radius 3 is 2.95 bits per heavy atom. The van der Waals surface area contributed by atoms with Crippen molar-refractivity contribution in [3.63, 3.8) is 0 Å². The lowest BCUT2D eigenvalue weighted by Gasteiger charge is -2.10. The number of hydrogen-bond acceptors (Lipinski definition) is 4. The van der Waals surface area contributed by atoms with Crippen LogP contribution in [-0.4, -0.2) is 21.1 Å². The molecule has 0 radical (unpaired) electrons. The molecule has 1 unspecified atom stereocenters. The van der Waals surface area contributed by atoms with Crippen LogP contribution in [0.1, 0.15) is 34.0 Å². The van der Waals surface area contributed by atoms with Gasteiger partial charge in [-0.05, 0) is 31.5 Å². The number of amides is 1. The molecule has 21 heavy (non-hydrogen) atoms. The number of fused-ring (bicyclic) bond motifs is 1. The largest absolute Gasteiger partial charge is 0.342 e. The SMILES string of the molecule is Cc1c(C(=O)NC(C)c2ncn[nH]2)sc2cccc(F)c12.